The highest BCUT2D eigenvalue weighted by atomic mass is 16.1. The Morgan fingerprint density at radius 1 is 1.15 bits per heavy atom. The number of aryl methyl sites for hydroxylation is 1. The highest BCUT2D eigenvalue weighted by molar-refractivity contribution is 5.93. The van der Waals surface area contributed by atoms with Gasteiger partial charge in [-0.15, -0.1) is 0 Å². The maximum Gasteiger partial charge on any atom is 0.222 e. The number of nitrogens with zero attached hydrogens (tertiary/aromatic N) is 5. The zero-order chi connectivity index (χ0) is 18.5. The summed E-state index contributed by atoms with van der Waals surface area (Å²) >= 11 is 0. The summed E-state index contributed by atoms with van der Waals surface area (Å²) in [7, 11) is 1.93. The van der Waals surface area contributed by atoms with Crippen molar-refractivity contribution in [1.82, 2.24) is 19.7 Å². The van der Waals surface area contributed by atoms with Crippen LogP contribution < -0.4 is 10.2 Å². The van der Waals surface area contributed by atoms with E-state index in [-0.39, 0.29) is 5.91 Å². The monoisotopic (exact) mass is 362 g/mol. The predicted octanol–water partition coefficient (Wildman–Crippen LogP) is 3.12. The first-order valence-electron chi connectivity index (χ1n) is 9.44. The number of fused-ring (bicyclic) bond motifs is 3. The van der Waals surface area contributed by atoms with E-state index in [1.165, 1.54) is 32.6 Å². The first-order valence-corrected chi connectivity index (χ1v) is 9.44. The van der Waals surface area contributed by atoms with E-state index in [4.69, 9.17) is 4.98 Å². The number of hydrogen-bond acceptors (Lipinski definition) is 5. The van der Waals surface area contributed by atoms with Gasteiger partial charge in [0.1, 0.15) is 11.6 Å². The Kier molecular flexibility index (Phi) is 3.63. The van der Waals surface area contributed by atoms with Crippen LogP contribution in [0.1, 0.15) is 32.6 Å². The second kappa shape index (κ2) is 6.04. The third-order valence-electron chi connectivity index (χ3n) is 5.70. The maximum absolute atomic E-state index is 11.4. The highest BCUT2D eigenvalue weighted by Gasteiger charge is 2.41. The molecule has 7 heteroatoms. The fourth-order valence-corrected chi connectivity index (χ4v) is 4.54. The summed E-state index contributed by atoms with van der Waals surface area (Å²) in [5, 5.41) is 8.06. The lowest BCUT2D eigenvalue weighted by atomic mass is 10.0. The van der Waals surface area contributed by atoms with Crippen LogP contribution in [0, 0.1) is 0 Å². The Labute approximate surface area is 157 Å². The lowest BCUT2D eigenvalue weighted by Gasteiger charge is -2.26. The SMILES string of the molecule is CC(=O)Nc1cc2cc(-c3cnn(C)c3)c(N3C4CCC3CC4)nc2cn1. The molecule has 3 aromatic rings. The highest BCUT2D eigenvalue weighted by Crippen LogP contribution is 2.44. The van der Waals surface area contributed by atoms with Crippen molar-refractivity contribution in [3.63, 3.8) is 0 Å². The van der Waals surface area contributed by atoms with Gasteiger partial charge in [0.15, 0.2) is 0 Å². The van der Waals surface area contributed by atoms with E-state index in [1.807, 2.05) is 30.2 Å². The van der Waals surface area contributed by atoms with Crippen LogP contribution in [-0.4, -0.2) is 37.7 Å². The van der Waals surface area contributed by atoms with Crippen molar-refractivity contribution in [2.75, 3.05) is 10.2 Å². The largest absolute Gasteiger partial charge is 0.350 e. The third kappa shape index (κ3) is 2.74. The molecular formula is C20H22N6O. The zero-order valence-corrected chi connectivity index (χ0v) is 15.5. The van der Waals surface area contributed by atoms with E-state index in [0.29, 0.717) is 17.9 Å². The Balaban J connectivity index is 1.68. The molecule has 2 aliphatic heterocycles. The fourth-order valence-electron chi connectivity index (χ4n) is 4.54. The molecule has 0 saturated carbocycles. The average Bonchev–Trinajstić information content (AvgIpc) is 3.35. The molecule has 3 aromatic heterocycles. The molecular weight excluding hydrogens is 340 g/mol. The van der Waals surface area contributed by atoms with Gasteiger partial charge in [-0.25, -0.2) is 9.97 Å². The first-order chi connectivity index (χ1) is 13.1. The van der Waals surface area contributed by atoms with Gasteiger partial charge in [-0.3, -0.25) is 9.48 Å². The molecule has 2 aliphatic rings. The van der Waals surface area contributed by atoms with Crippen molar-refractivity contribution in [1.29, 1.82) is 0 Å². The number of carbonyl (C=O) groups excluding carboxylic acids is 1. The molecule has 5 rings (SSSR count). The van der Waals surface area contributed by atoms with Crippen LogP contribution in [0.25, 0.3) is 22.0 Å². The first kappa shape index (κ1) is 16.2. The molecule has 7 nitrogen and oxygen atoms in total. The Morgan fingerprint density at radius 2 is 1.89 bits per heavy atom. The van der Waals surface area contributed by atoms with E-state index in [0.717, 1.165) is 27.8 Å². The van der Waals surface area contributed by atoms with Gasteiger partial charge in [-0.05, 0) is 37.8 Å². The molecule has 1 N–H and O–H groups in total. The number of pyridine rings is 2. The molecule has 27 heavy (non-hydrogen) atoms. The molecule has 0 aromatic carbocycles. The van der Waals surface area contributed by atoms with Crippen molar-refractivity contribution in [2.24, 2.45) is 7.05 Å². The fraction of sp³-hybridized carbons (Fsp3) is 0.400. The normalized spacial score (nSPS) is 21.2. The van der Waals surface area contributed by atoms with Crippen LogP contribution in [0.3, 0.4) is 0 Å². The number of anilines is 2. The summed E-state index contributed by atoms with van der Waals surface area (Å²) in [5.74, 6) is 1.45. The summed E-state index contributed by atoms with van der Waals surface area (Å²) in [5.41, 5.74) is 3.00. The molecule has 0 spiro atoms. The van der Waals surface area contributed by atoms with Gasteiger partial charge < -0.3 is 10.2 Å². The van der Waals surface area contributed by atoms with Gasteiger partial charge in [-0.1, -0.05) is 0 Å². The van der Waals surface area contributed by atoms with E-state index in [1.54, 1.807) is 6.20 Å². The Hall–Kier alpha value is -2.96. The lowest BCUT2D eigenvalue weighted by Crippen LogP contribution is -2.29. The molecule has 2 bridgehead atoms. The Morgan fingerprint density at radius 3 is 2.52 bits per heavy atom. The summed E-state index contributed by atoms with van der Waals surface area (Å²) in [6.45, 7) is 1.48. The van der Waals surface area contributed by atoms with Crippen molar-refractivity contribution in [3.05, 3.63) is 30.7 Å². The molecule has 0 atom stereocenters. The molecule has 2 saturated heterocycles. The van der Waals surface area contributed by atoms with Crippen molar-refractivity contribution in [2.45, 2.75) is 44.7 Å². The number of rotatable bonds is 3. The van der Waals surface area contributed by atoms with Crippen LogP contribution in [-0.2, 0) is 11.8 Å². The van der Waals surface area contributed by atoms with Crippen LogP contribution in [0.4, 0.5) is 11.6 Å². The van der Waals surface area contributed by atoms with E-state index >= 15 is 0 Å². The van der Waals surface area contributed by atoms with Crippen molar-refractivity contribution >= 4 is 28.4 Å². The van der Waals surface area contributed by atoms with E-state index in [2.05, 4.69) is 26.4 Å². The molecule has 138 valence electrons. The second-order valence-corrected chi connectivity index (χ2v) is 7.58. The van der Waals surface area contributed by atoms with Crippen molar-refractivity contribution < 1.29 is 4.79 Å². The minimum absolute atomic E-state index is 0.132. The van der Waals surface area contributed by atoms with Gasteiger partial charge in [0.05, 0.1) is 17.9 Å². The van der Waals surface area contributed by atoms with E-state index < -0.39 is 0 Å². The summed E-state index contributed by atoms with van der Waals surface area (Å²) in [6.07, 6.45) is 10.6. The smallest absolute Gasteiger partial charge is 0.222 e. The van der Waals surface area contributed by atoms with Gasteiger partial charge in [-0.2, -0.15) is 5.10 Å². The molecule has 0 radical (unpaired) electrons. The maximum atomic E-state index is 11.4. The minimum atomic E-state index is -0.132. The number of carbonyl (C=O) groups is 1. The zero-order valence-electron chi connectivity index (χ0n) is 15.5. The quantitative estimate of drug-likeness (QED) is 0.775. The number of nitrogens with one attached hydrogen (secondary N) is 1. The number of hydrogen-bond donors (Lipinski definition) is 1. The Bertz CT molecular complexity index is 1020. The lowest BCUT2D eigenvalue weighted by molar-refractivity contribution is -0.114. The number of aromatic nitrogens is 4. The molecule has 0 unspecified atom stereocenters. The minimum Gasteiger partial charge on any atom is -0.350 e. The molecule has 2 fully saturated rings. The summed E-state index contributed by atoms with van der Waals surface area (Å²) < 4.78 is 1.82. The van der Waals surface area contributed by atoms with Crippen LogP contribution in [0.2, 0.25) is 0 Å². The third-order valence-corrected chi connectivity index (χ3v) is 5.70. The summed E-state index contributed by atoms with van der Waals surface area (Å²) in [6, 6.07) is 5.20. The van der Waals surface area contributed by atoms with Gasteiger partial charge in [0.2, 0.25) is 5.91 Å². The predicted molar refractivity (Wildman–Crippen MR) is 105 cm³/mol. The van der Waals surface area contributed by atoms with Crippen LogP contribution in [0.5, 0.6) is 0 Å². The molecule has 0 aliphatic carbocycles. The van der Waals surface area contributed by atoms with Gasteiger partial charge >= 0.3 is 0 Å². The van der Waals surface area contributed by atoms with Gasteiger partial charge in [0.25, 0.3) is 0 Å². The standard InChI is InChI=1S/C20H22N6O/c1-12(27)23-19-8-13-7-17(14-9-22-25(2)11-14)20(24-18(13)10-21-19)26-15-3-4-16(26)6-5-15/h7-11,15-16H,3-6H2,1-2H3,(H,21,23,27). The topological polar surface area (TPSA) is 75.9 Å². The van der Waals surface area contributed by atoms with E-state index in [9.17, 15) is 4.79 Å². The van der Waals surface area contributed by atoms with Crippen molar-refractivity contribution in [3.8, 4) is 11.1 Å². The van der Waals surface area contributed by atoms with Crippen LogP contribution >= 0.6 is 0 Å². The van der Waals surface area contributed by atoms with Crippen LogP contribution in [0.15, 0.2) is 30.7 Å². The van der Waals surface area contributed by atoms with Gasteiger partial charge in [0, 0.05) is 48.8 Å². The number of amides is 1. The second-order valence-electron chi connectivity index (χ2n) is 7.58. The molecule has 5 heterocycles. The average molecular weight is 362 g/mol. The summed E-state index contributed by atoms with van der Waals surface area (Å²) in [4.78, 5) is 23.2. The molecule has 1 amide bonds.